The Hall–Kier alpha value is -0.570. The van der Waals surface area contributed by atoms with Gasteiger partial charge in [-0.05, 0) is 13.5 Å². The zero-order valence-corrected chi connectivity index (χ0v) is 8.93. The number of carbonyl (C=O) groups is 1. The van der Waals surface area contributed by atoms with Crippen LogP contribution in [0.3, 0.4) is 0 Å². The van der Waals surface area contributed by atoms with Crippen molar-refractivity contribution in [3.05, 3.63) is 0 Å². The van der Waals surface area contributed by atoms with Gasteiger partial charge in [0.25, 0.3) is 0 Å². The molecule has 0 bridgehead atoms. The molecule has 0 spiro atoms. The van der Waals surface area contributed by atoms with Crippen molar-refractivity contribution in [2.45, 2.75) is 45.1 Å². The highest BCUT2D eigenvalue weighted by Gasteiger charge is 2.15. The second kappa shape index (κ2) is 8.05. The van der Waals surface area contributed by atoms with Gasteiger partial charge in [-0.25, -0.2) is 0 Å². The maximum absolute atomic E-state index is 11.1. The van der Waals surface area contributed by atoms with Gasteiger partial charge >= 0.3 is 5.97 Å². The van der Waals surface area contributed by atoms with Crippen molar-refractivity contribution in [2.24, 2.45) is 0 Å². The Bertz CT molecular complexity index is 137. The van der Waals surface area contributed by atoms with Crippen LogP contribution in [-0.2, 0) is 9.53 Å². The molecule has 1 N–H and O–H groups in total. The summed E-state index contributed by atoms with van der Waals surface area (Å²) in [5, 5.41) is 2.96. The molecular formula is C10H21NO2. The van der Waals surface area contributed by atoms with Gasteiger partial charge in [0.05, 0.1) is 7.11 Å². The predicted octanol–water partition coefficient (Wildman–Crippen LogP) is 1.72. The largest absolute Gasteiger partial charge is 0.468 e. The van der Waals surface area contributed by atoms with Crippen LogP contribution in [0.25, 0.3) is 0 Å². The van der Waals surface area contributed by atoms with E-state index in [0.717, 1.165) is 12.8 Å². The molecule has 13 heavy (non-hydrogen) atoms. The fourth-order valence-electron chi connectivity index (χ4n) is 1.30. The number of rotatable bonds is 7. The molecule has 1 atom stereocenters. The maximum atomic E-state index is 11.1. The number of hydrogen-bond acceptors (Lipinski definition) is 3. The van der Waals surface area contributed by atoms with E-state index in [-0.39, 0.29) is 12.0 Å². The summed E-state index contributed by atoms with van der Waals surface area (Å²) in [7, 11) is 3.22. The molecule has 0 aromatic rings. The smallest absolute Gasteiger partial charge is 0.322 e. The van der Waals surface area contributed by atoms with Gasteiger partial charge in [0.15, 0.2) is 0 Å². The van der Waals surface area contributed by atoms with E-state index in [1.807, 2.05) is 0 Å². The van der Waals surface area contributed by atoms with Crippen LogP contribution < -0.4 is 5.32 Å². The average molecular weight is 187 g/mol. The predicted molar refractivity (Wildman–Crippen MR) is 53.6 cm³/mol. The van der Waals surface area contributed by atoms with Crippen LogP contribution in [0.15, 0.2) is 0 Å². The molecule has 0 aromatic heterocycles. The summed E-state index contributed by atoms with van der Waals surface area (Å²) < 4.78 is 4.66. The van der Waals surface area contributed by atoms with Gasteiger partial charge < -0.3 is 10.1 Å². The third-order valence-electron chi connectivity index (χ3n) is 2.18. The average Bonchev–Trinajstić information content (AvgIpc) is 2.17. The minimum atomic E-state index is -0.154. The van der Waals surface area contributed by atoms with E-state index in [0.29, 0.717) is 0 Å². The molecule has 0 aliphatic rings. The van der Waals surface area contributed by atoms with Gasteiger partial charge in [0, 0.05) is 0 Å². The van der Waals surface area contributed by atoms with Crippen LogP contribution in [0, 0.1) is 0 Å². The molecule has 3 heteroatoms. The number of ether oxygens (including phenoxy) is 1. The zero-order chi connectivity index (χ0) is 10.1. The highest BCUT2D eigenvalue weighted by Crippen LogP contribution is 2.06. The van der Waals surface area contributed by atoms with Crippen LogP contribution in [0.1, 0.15) is 39.0 Å². The monoisotopic (exact) mass is 187 g/mol. The Morgan fingerprint density at radius 1 is 1.38 bits per heavy atom. The second-order valence-electron chi connectivity index (χ2n) is 3.21. The minimum Gasteiger partial charge on any atom is -0.468 e. The summed E-state index contributed by atoms with van der Waals surface area (Å²) in [4.78, 5) is 11.1. The molecule has 0 heterocycles. The molecule has 0 fully saturated rings. The van der Waals surface area contributed by atoms with Crippen molar-refractivity contribution in [3.8, 4) is 0 Å². The summed E-state index contributed by atoms with van der Waals surface area (Å²) in [6, 6.07) is -0.123. The lowest BCUT2D eigenvalue weighted by atomic mass is 10.1. The Morgan fingerprint density at radius 3 is 2.54 bits per heavy atom. The van der Waals surface area contributed by atoms with Crippen LogP contribution in [0.4, 0.5) is 0 Å². The SMILES string of the molecule is CCCCCCC(NC)C(=O)OC. The Morgan fingerprint density at radius 2 is 2.08 bits per heavy atom. The molecule has 0 saturated heterocycles. The van der Waals surface area contributed by atoms with Gasteiger partial charge in [-0.15, -0.1) is 0 Å². The lowest BCUT2D eigenvalue weighted by Gasteiger charge is -2.12. The first-order valence-corrected chi connectivity index (χ1v) is 5.01. The number of hydrogen-bond donors (Lipinski definition) is 1. The number of unbranched alkanes of at least 4 members (excludes halogenated alkanes) is 3. The van der Waals surface area contributed by atoms with E-state index >= 15 is 0 Å². The van der Waals surface area contributed by atoms with Crippen molar-refractivity contribution in [2.75, 3.05) is 14.2 Å². The lowest BCUT2D eigenvalue weighted by Crippen LogP contribution is -2.34. The third-order valence-corrected chi connectivity index (χ3v) is 2.18. The van der Waals surface area contributed by atoms with Crippen molar-refractivity contribution >= 4 is 5.97 Å². The number of esters is 1. The first-order valence-electron chi connectivity index (χ1n) is 5.01. The zero-order valence-electron chi connectivity index (χ0n) is 8.93. The molecule has 78 valence electrons. The minimum absolute atomic E-state index is 0.123. The third kappa shape index (κ3) is 5.64. The van der Waals surface area contributed by atoms with Crippen molar-refractivity contribution in [1.29, 1.82) is 0 Å². The second-order valence-corrected chi connectivity index (χ2v) is 3.21. The number of carbonyl (C=O) groups excluding carboxylic acids is 1. The number of likely N-dealkylation sites (N-methyl/N-ethyl adjacent to an activating group) is 1. The molecule has 0 radical (unpaired) electrons. The summed E-state index contributed by atoms with van der Waals surface area (Å²) in [5.41, 5.74) is 0. The molecule has 0 aliphatic heterocycles. The van der Waals surface area contributed by atoms with Crippen molar-refractivity contribution < 1.29 is 9.53 Å². The Balaban J connectivity index is 3.53. The van der Waals surface area contributed by atoms with Gasteiger partial charge in [-0.1, -0.05) is 32.6 Å². The van der Waals surface area contributed by atoms with Gasteiger partial charge in [0.1, 0.15) is 6.04 Å². The van der Waals surface area contributed by atoms with E-state index in [9.17, 15) is 4.79 Å². The molecular weight excluding hydrogens is 166 g/mol. The fraction of sp³-hybridized carbons (Fsp3) is 0.900. The van der Waals surface area contributed by atoms with Crippen LogP contribution in [-0.4, -0.2) is 26.2 Å². The Labute approximate surface area is 80.8 Å². The standard InChI is InChI=1S/C10H21NO2/c1-4-5-6-7-8-9(11-2)10(12)13-3/h9,11H,4-8H2,1-3H3. The van der Waals surface area contributed by atoms with Gasteiger partial charge in [-0.3, -0.25) is 4.79 Å². The van der Waals surface area contributed by atoms with Gasteiger partial charge in [-0.2, -0.15) is 0 Å². The lowest BCUT2D eigenvalue weighted by molar-refractivity contribution is -0.143. The first-order chi connectivity index (χ1) is 6.26. The molecule has 0 saturated carbocycles. The van der Waals surface area contributed by atoms with Gasteiger partial charge in [0.2, 0.25) is 0 Å². The fourth-order valence-corrected chi connectivity index (χ4v) is 1.30. The quantitative estimate of drug-likeness (QED) is 0.487. The molecule has 0 amide bonds. The van der Waals surface area contributed by atoms with Crippen molar-refractivity contribution in [3.63, 3.8) is 0 Å². The molecule has 0 aromatic carbocycles. The van der Waals surface area contributed by atoms with E-state index < -0.39 is 0 Å². The van der Waals surface area contributed by atoms with E-state index in [1.54, 1.807) is 7.05 Å². The first kappa shape index (κ1) is 12.4. The molecule has 1 unspecified atom stereocenters. The summed E-state index contributed by atoms with van der Waals surface area (Å²) in [6.07, 6.45) is 5.64. The van der Waals surface area contributed by atoms with E-state index in [2.05, 4.69) is 17.0 Å². The molecule has 0 aliphatic carbocycles. The normalized spacial score (nSPS) is 12.5. The summed E-state index contributed by atoms with van der Waals surface area (Å²) in [5.74, 6) is -0.154. The van der Waals surface area contributed by atoms with E-state index in [1.165, 1.54) is 26.4 Å². The van der Waals surface area contributed by atoms with Crippen LogP contribution in [0.2, 0.25) is 0 Å². The topological polar surface area (TPSA) is 38.3 Å². The van der Waals surface area contributed by atoms with Crippen LogP contribution in [0.5, 0.6) is 0 Å². The maximum Gasteiger partial charge on any atom is 0.322 e. The molecule has 0 rings (SSSR count). The summed E-state index contributed by atoms with van der Waals surface area (Å²) >= 11 is 0. The number of methoxy groups -OCH3 is 1. The highest BCUT2D eigenvalue weighted by atomic mass is 16.5. The van der Waals surface area contributed by atoms with E-state index in [4.69, 9.17) is 0 Å². The van der Waals surface area contributed by atoms with Crippen LogP contribution >= 0.6 is 0 Å². The Kier molecular flexibility index (Phi) is 7.69. The molecule has 3 nitrogen and oxygen atoms in total. The number of nitrogens with one attached hydrogen (secondary N) is 1. The summed E-state index contributed by atoms with van der Waals surface area (Å²) in [6.45, 7) is 2.18. The van der Waals surface area contributed by atoms with Crippen molar-refractivity contribution in [1.82, 2.24) is 5.32 Å². The highest BCUT2D eigenvalue weighted by molar-refractivity contribution is 5.75.